The molecule has 0 aliphatic rings. The highest BCUT2D eigenvalue weighted by atomic mass is 14.8. The van der Waals surface area contributed by atoms with Crippen molar-refractivity contribution in [2.45, 2.75) is 47.0 Å². The van der Waals surface area contributed by atoms with Crippen molar-refractivity contribution in [3.63, 3.8) is 0 Å². The van der Waals surface area contributed by atoms with Gasteiger partial charge in [0.1, 0.15) is 0 Å². The van der Waals surface area contributed by atoms with Crippen molar-refractivity contribution in [2.75, 3.05) is 13.6 Å². The van der Waals surface area contributed by atoms with E-state index in [1.807, 2.05) is 7.05 Å². The fraction of sp³-hybridized carbons (Fsp3) is 0.600. The van der Waals surface area contributed by atoms with Gasteiger partial charge in [0, 0.05) is 0 Å². The van der Waals surface area contributed by atoms with E-state index >= 15 is 0 Å². The van der Waals surface area contributed by atoms with Gasteiger partial charge in [-0.05, 0) is 88.4 Å². The first-order chi connectivity index (χ1) is 7.57. The van der Waals surface area contributed by atoms with Crippen molar-refractivity contribution >= 4 is 0 Å². The number of unbranched alkanes of at least 4 members (excludes halogenated alkanes) is 1. The maximum atomic E-state index is 3.21. The first kappa shape index (κ1) is 13.2. The van der Waals surface area contributed by atoms with Crippen LogP contribution in [-0.4, -0.2) is 13.6 Å². The first-order valence-electron chi connectivity index (χ1n) is 6.28. The Bertz CT molecular complexity index is 327. The monoisotopic (exact) mass is 219 g/mol. The predicted molar refractivity (Wildman–Crippen MR) is 72.3 cm³/mol. The van der Waals surface area contributed by atoms with Crippen molar-refractivity contribution in [1.82, 2.24) is 5.32 Å². The van der Waals surface area contributed by atoms with E-state index < -0.39 is 0 Å². The average Bonchev–Trinajstić information content (AvgIpc) is 2.25. The van der Waals surface area contributed by atoms with Gasteiger partial charge < -0.3 is 5.32 Å². The lowest BCUT2D eigenvalue weighted by Crippen LogP contribution is -2.08. The molecule has 1 aromatic rings. The molecule has 0 unspecified atom stereocenters. The van der Waals surface area contributed by atoms with Crippen LogP contribution in [0.2, 0.25) is 0 Å². The van der Waals surface area contributed by atoms with E-state index in [9.17, 15) is 0 Å². The summed E-state index contributed by atoms with van der Waals surface area (Å²) in [6.45, 7) is 10.1. The largest absolute Gasteiger partial charge is 0.320 e. The second kappa shape index (κ2) is 6.05. The van der Waals surface area contributed by atoms with Crippen molar-refractivity contribution in [3.05, 3.63) is 33.9 Å². The number of rotatable bonds is 5. The Morgan fingerprint density at radius 2 is 1.50 bits per heavy atom. The van der Waals surface area contributed by atoms with E-state index in [1.54, 1.807) is 5.56 Å². The summed E-state index contributed by atoms with van der Waals surface area (Å²) in [6.07, 6.45) is 3.77. The number of aryl methyl sites for hydroxylation is 2. The maximum absolute atomic E-state index is 3.21. The van der Waals surface area contributed by atoms with E-state index in [2.05, 4.69) is 39.1 Å². The van der Waals surface area contributed by atoms with Crippen LogP contribution in [0.15, 0.2) is 6.07 Å². The molecule has 90 valence electrons. The van der Waals surface area contributed by atoms with E-state index in [-0.39, 0.29) is 0 Å². The van der Waals surface area contributed by atoms with Crippen molar-refractivity contribution in [1.29, 1.82) is 0 Å². The molecule has 0 heterocycles. The maximum Gasteiger partial charge on any atom is -0.00518 e. The van der Waals surface area contributed by atoms with Gasteiger partial charge in [-0.3, -0.25) is 0 Å². The topological polar surface area (TPSA) is 12.0 Å². The standard InChI is InChI=1S/C15H25N/c1-11-10-12(2)14(4)15(13(11)3)8-6-7-9-16-5/h10,16H,6-9H2,1-5H3. The van der Waals surface area contributed by atoms with E-state index in [0.717, 1.165) is 6.54 Å². The Morgan fingerprint density at radius 3 is 2.00 bits per heavy atom. The molecule has 0 amide bonds. The fourth-order valence-corrected chi connectivity index (χ4v) is 2.28. The van der Waals surface area contributed by atoms with Gasteiger partial charge in [-0.2, -0.15) is 0 Å². The minimum Gasteiger partial charge on any atom is -0.320 e. The van der Waals surface area contributed by atoms with Crippen molar-refractivity contribution < 1.29 is 0 Å². The molecule has 0 fully saturated rings. The molecule has 0 saturated heterocycles. The lowest BCUT2D eigenvalue weighted by molar-refractivity contribution is 0.674. The summed E-state index contributed by atoms with van der Waals surface area (Å²) in [5.41, 5.74) is 7.44. The van der Waals surface area contributed by atoms with Gasteiger partial charge in [0.25, 0.3) is 0 Å². The Hall–Kier alpha value is -0.820. The molecule has 0 bridgehead atoms. The summed E-state index contributed by atoms with van der Waals surface area (Å²) in [7, 11) is 2.02. The molecule has 1 aromatic carbocycles. The second-order valence-electron chi connectivity index (χ2n) is 4.80. The molecule has 0 atom stereocenters. The molecule has 0 aliphatic carbocycles. The van der Waals surface area contributed by atoms with Gasteiger partial charge in [0.2, 0.25) is 0 Å². The Labute approximate surface area is 100 Å². The molecule has 0 radical (unpaired) electrons. The van der Waals surface area contributed by atoms with Gasteiger partial charge >= 0.3 is 0 Å². The molecule has 0 saturated carbocycles. The van der Waals surface area contributed by atoms with Crippen LogP contribution in [0.1, 0.15) is 40.7 Å². The summed E-state index contributed by atoms with van der Waals surface area (Å²) in [5.74, 6) is 0. The Balaban J connectivity index is 2.78. The lowest BCUT2D eigenvalue weighted by Gasteiger charge is -2.15. The summed E-state index contributed by atoms with van der Waals surface area (Å²) < 4.78 is 0. The molecule has 0 aliphatic heterocycles. The summed E-state index contributed by atoms with van der Waals surface area (Å²) in [4.78, 5) is 0. The summed E-state index contributed by atoms with van der Waals surface area (Å²) in [6, 6.07) is 2.31. The smallest absolute Gasteiger partial charge is 0.00518 e. The van der Waals surface area contributed by atoms with Crippen LogP contribution in [-0.2, 0) is 6.42 Å². The molecule has 0 spiro atoms. The van der Waals surface area contributed by atoms with Gasteiger partial charge in [-0.15, -0.1) is 0 Å². The van der Waals surface area contributed by atoms with Gasteiger partial charge in [0.05, 0.1) is 0 Å². The van der Waals surface area contributed by atoms with Crippen LogP contribution in [0.3, 0.4) is 0 Å². The highest BCUT2D eigenvalue weighted by Crippen LogP contribution is 2.23. The second-order valence-corrected chi connectivity index (χ2v) is 4.80. The van der Waals surface area contributed by atoms with Crippen LogP contribution in [0.5, 0.6) is 0 Å². The predicted octanol–water partition coefficient (Wildman–Crippen LogP) is 3.46. The average molecular weight is 219 g/mol. The Kier molecular flexibility index (Phi) is 5.01. The van der Waals surface area contributed by atoms with Gasteiger partial charge in [0.15, 0.2) is 0 Å². The molecular formula is C15H25N. The minimum atomic E-state index is 1.13. The molecular weight excluding hydrogens is 194 g/mol. The number of benzene rings is 1. The van der Waals surface area contributed by atoms with E-state index in [1.165, 1.54) is 41.5 Å². The highest BCUT2D eigenvalue weighted by Gasteiger charge is 2.07. The van der Waals surface area contributed by atoms with Crippen LogP contribution in [0.25, 0.3) is 0 Å². The molecule has 1 heteroatoms. The van der Waals surface area contributed by atoms with E-state index in [4.69, 9.17) is 0 Å². The third-order valence-corrected chi connectivity index (χ3v) is 3.62. The third kappa shape index (κ3) is 3.08. The lowest BCUT2D eigenvalue weighted by atomic mass is 9.91. The number of hydrogen-bond acceptors (Lipinski definition) is 1. The van der Waals surface area contributed by atoms with Crippen LogP contribution in [0.4, 0.5) is 0 Å². The fourth-order valence-electron chi connectivity index (χ4n) is 2.28. The minimum absolute atomic E-state index is 1.13. The zero-order valence-corrected chi connectivity index (χ0v) is 11.4. The van der Waals surface area contributed by atoms with E-state index in [0.29, 0.717) is 0 Å². The zero-order valence-electron chi connectivity index (χ0n) is 11.4. The normalized spacial score (nSPS) is 10.8. The first-order valence-corrected chi connectivity index (χ1v) is 6.28. The summed E-state index contributed by atoms with van der Waals surface area (Å²) >= 11 is 0. The van der Waals surface area contributed by atoms with Crippen molar-refractivity contribution in [3.8, 4) is 0 Å². The quantitative estimate of drug-likeness (QED) is 0.748. The molecule has 1 nitrogen and oxygen atoms in total. The van der Waals surface area contributed by atoms with Crippen molar-refractivity contribution in [2.24, 2.45) is 0 Å². The number of hydrogen-bond donors (Lipinski definition) is 1. The highest BCUT2D eigenvalue weighted by molar-refractivity contribution is 5.43. The SMILES string of the molecule is CNCCCCc1c(C)c(C)cc(C)c1C. The summed E-state index contributed by atoms with van der Waals surface area (Å²) in [5, 5.41) is 3.21. The van der Waals surface area contributed by atoms with Crippen LogP contribution in [0, 0.1) is 27.7 Å². The third-order valence-electron chi connectivity index (χ3n) is 3.62. The Morgan fingerprint density at radius 1 is 0.938 bits per heavy atom. The van der Waals surface area contributed by atoms with Gasteiger partial charge in [-0.25, -0.2) is 0 Å². The van der Waals surface area contributed by atoms with Gasteiger partial charge in [-0.1, -0.05) is 6.07 Å². The molecule has 1 rings (SSSR count). The molecule has 1 N–H and O–H groups in total. The molecule has 16 heavy (non-hydrogen) atoms. The zero-order chi connectivity index (χ0) is 12.1. The van der Waals surface area contributed by atoms with Crippen LogP contribution >= 0.6 is 0 Å². The molecule has 0 aromatic heterocycles. The van der Waals surface area contributed by atoms with Crippen LogP contribution < -0.4 is 5.32 Å². The number of nitrogens with one attached hydrogen (secondary N) is 1.